The second kappa shape index (κ2) is 9.01. The van der Waals surface area contributed by atoms with Gasteiger partial charge in [-0.2, -0.15) is 5.10 Å². The number of benzene rings is 1. The minimum Gasteiger partial charge on any atom is -0.336 e. The van der Waals surface area contributed by atoms with Crippen molar-refractivity contribution < 1.29 is 4.79 Å². The molecule has 1 aliphatic rings. The molecule has 1 aromatic heterocycles. The quantitative estimate of drug-likeness (QED) is 0.744. The van der Waals surface area contributed by atoms with Gasteiger partial charge in [-0.05, 0) is 50.0 Å². The Kier molecular flexibility index (Phi) is 6.47. The molecule has 3 rings (SSSR count). The van der Waals surface area contributed by atoms with E-state index in [1.807, 2.05) is 24.3 Å². The highest BCUT2D eigenvalue weighted by atomic mass is 32.2. The van der Waals surface area contributed by atoms with Crippen LogP contribution in [0.25, 0.3) is 0 Å². The highest BCUT2D eigenvalue weighted by molar-refractivity contribution is 7.98. The third-order valence-corrected chi connectivity index (χ3v) is 5.39. The van der Waals surface area contributed by atoms with E-state index in [2.05, 4.69) is 32.3 Å². The van der Waals surface area contributed by atoms with Crippen molar-refractivity contribution in [2.24, 2.45) is 0 Å². The molecule has 2 heterocycles. The summed E-state index contributed by atoms with van der Waals surface area (Å²) in [5.41, 5.74) is 1.95. The van der Waals surface area contributed by atoms with Gasteiger partial charge in [0.25, 0.3) is 5.91 Å². The minimum atomic E-state index is 0.156. The number of nitrogens with one attached hydrogen (secondary N) is 2. The van der Waals surface area contributed by atoms with E-state index in [1.54, 1.807) is 11.8 Å². The average Bonchev–Trinajstić information content (AvgIpc) is 3.19. The van der Waals surface area contributed by atoms with E-state index < -0.39 is 0 Å². The van der Waals surface area contributed by atoms with Crippen molar-refractivity contribution in [1.29, 1.82) is 0 Å². The number of nitrogens with zero attached hydrogens (tertiary/aromatic N) is 3. The largest absolute Gasteiger partial charge is 0.336 e. The number of piperidine rings is 1. The van der Waals surface area contributed by atoms with Crippen LogP contribution in [0.1, 0.15) is 42.1 Å². The first-order valence-electron chi connectivity index (χ1n) is 8.86. The number of carbonyl (C=O) groups excluding carboxylic acids is 1. The number of hydrogen-bond donors (Lipinski definition) is 2. The number of aromatic nitrogens is 3. The van der Waals surface area contributed by atoms with Gasteiger partial charge in [-0.1, -0.05) is 30.8 Å². The Bertz CT molecular complexity index is 653. The lowest BCUT2D eigenvalue weighted by molar-refractivity contribution is 0.0642. The summed E-state index contributed by atoms with van der Waals surface area (Å²) in [6.07, 6.45) is 4.57. The Labute approximate surface area is 152 Å². The number of H-pyrrole nitrogens is 1. The molecule has 0 radical (unpaired) electrons. The van der Waals surface area contributed by atoms with E-state index in [4.69, 9.17) is 0 Å². The third kappa shape index (κ3) is 4.83. The predicted octanol–water partition coefficient (Wildman–Crippen LogP) is 2.70. The van der Waals surface area contributed by atoms with E-state index in [1.165, 1.54) is 11.9 Å². The molecule has 1 amide bonds. The topological polar surface area (TPSA) is 73.9 Å². The van der Waals surface area contributed by atoms with Gasteiger partial charge < -0.3 is 10.2 Å². The summed E-state index contributed by atoms with van der Waals surface area (Å²) in [5.74, 6) is 0.958. The van der Waals surface area contributed by atoms with Gasteiger partial charge in [-0.25, -0.2) is 4.98 Å². The molecular formula is C18H25N5OS. The summed E-state index contributed by atoms with van der Waals surface area (Å²) < 4.78 is 0. The van der Waals surface area contributed by atoms with Crippen molar-refractivity contribution >= 4 is 17.7 Å². The van der Waals surface area contributed by atoms with Crippen LogP contribution in [-0.2, 0) is 5.75 Å². The van der Waals surface area contributed by atoms with Crippen molar-refractivity contribution in [1.82, 2.24) is 25.4 Å². The average molecular weight is 359 g/mol. The highest BCUT2D eigenvalue weighted by Gasteiger charge is 2.25. The zero-order valence-electron chi connectivity index (χ0n) is 14.6. The number of rotatable bonds is 7. The number of thioether (sulfide) groups is 1. The third-order valence-electron chi connectivity index (χ3n) is 4.44. The molecule has 0 bridgehead atoms. The minimum absolute atomic E-state index is 0.156. The molecule has 1 fully saturated rings. The maximum Gasteiger partial charge on any atom is 0.254 e. The monoisotopic (exact) mass is 359 g/mol. The van der Waals surface area contributed by atoms with Crippen LogP contribution in [0.5, 0.6) is 0 Å². The molecule has 6 nitrogen and oxygen atoms in total. The lowest BCUT2D eigenvalue weighted by Crippen LogP contribution is -2.46. The Balaban J connectivity index is 1.63. The Morgan fingerprint density at radius 2 is 2.04 bits per heavy atom. The summed E-state index contributed by atoms with van der Waals surface area (Å²) in [5, 5.41) is 10.9. The molecule has 134 valence electrons. The van der Waals surface area contributed by atoms with Gasteiger partial charge in [0.2, 0.25) is 0 Å². The van der Waals surface area contributed by atoms with Crippen LogP contribution >= 0.6 is 11.8 Å². The van der Waals surface area contributed by atoms with Crippen LogP contribution in [0.3, 0.4) is 0 Å². The van der Waals surface area contributed by atoms with E-state index in [0.717, 1.165) is 55.4 Å². The SMILES string of the molecule is CCCN(C(=O)c1ccc(CSc2ncn[nH]2)cc1)C1CCNCC1. The molecule has 1 aromatic carbocycles. The molecule has 0 saturated carbocycles. The fraction of sp³-hybridized carbons (Fsp3) is 0.500. The highest BCUT2D eigenvalue weighted by Crippen LogP contribution is 2.20. The van der Waals surface area contributed by atoms with E-state index in [-0.39, 0.29) is 5.91 Å². The lowest BCUT2D eigenvalue weighted by Gasteiger charge is -2.34. The van der Waals surface area contributed by atoms with Crippen LogP contribution in [0, 0.1) is 0 Å². The molecule has 0 aliphatic carbocycles. The van der Waals surface area contributed by atoms with Gasteiger partial charge in [0, 0.05) is 23.9 Å². The smallest absolute Gasteiger partial charge is 0.254 e. The summed E-state index contributed by atoms with van der Waals surface area (Å²) in [7, 11) is 0. The Morgan fingerprint density at radius 1 is 1.28 bits per heavy atom. The summed E-state index contributed by atoms with van der Waals surface area (Å²) in [6.45, 7) is 4.95. The van der Waals surface area contributed by atoms with Crippen LogP contribution in [0.15, 0.2) is 35.7 Å². The number of aromatic amines is 1. The number of carbonyl (C=O) groups is 1. The summed E-state index contributed by atoms with van der Waals surface area (Å²) in [6, 6.07) is 8.31. The van der Waals surface area contributed by atoms with Crippen LogP contribution in [0.4, 0.5) is 0 Å². The van der Waals surface area contributed by atoms with Gasteiger partial charge in [-0.15, -0.1) is 0 Å². The Hall–Kier alpha value is -1.86. The molecule has 0 unspecified atom stereocenters. The first-order valence-corrected chi connectivity index (χ1v) is 9.85. The number of amides is 1. The van der Waals surface area contributed by atoms with Gasteiger partial charge >= 0.3 is 0 Å². The molecule has 0 spiro atoms. The van der Waals surface area contributed by atoms with Gasteiger partial charge in [0.05, 0.1) is 0 Å². The zero-order chi connectivity index (χ0) is 17.5. The van der Waals surface area contributed by atoms with Crippen LogP contribution in [-0.4, -0.2) is 51.7 Å². The molecule has 1 aliphatic heterocycles. The fourth-order valence-electron chi connectivity index (χ4n) is 3.13. The molecule has 0 atom stereocenters. The second-order valence-corrected chi connectivity index (χ2v) is 7.22. The zero-order valence-corrected chi connectivity index (χ0v) is 15.4. The molecular weight excluding hydrogens is 334 g/mol. The van der Waals surface area contributed by atoms with Crippen LogP contribution in [0.2, 0.25) is 0 Å². The van der Waals surface area contributed by atoms with Crippen molar-refractivity contribution in [3.63, 3.8) is 0 Å². The van der Waals surface area contributed by atoms with E-state index >= 15 is 0 Å². The standard InChI is InChI=1S/C18H25N5OS/c1-2-11-23(16-7-9-19-10-8-16)17(24)15-5-3-14(4-6-15)12-25-18-20-13-21-22-18/h3-6,13,16,19H,2,7-12H2,1H3,(H,20,21,22). The van der Waals surface area contributed by atoms with Crippen molar-refractivity contribution in [3.05, 3.63) is 41.7 Å². The van der Waals surface area contributed by atoms with Crippen LogP contribution < -0.4 is 5.32 Å². The molecule has 2 N–H and O–H groups in total. The van der Waals surface area contributed by atoms with E-state index in [9.17, 15) is 4.79 Å². The lowest BCUT2D eigenvalue weighted by atomic mass is 10.0. The normalized spacial score (nSPS) is 15.2. The molecule has 1 saturated heterocycles. The van der Waals surface area contributed by atoms with Crippen molar-refractivity contribution in [2.75, 3.05) is 19.6 Å². The molecule has 2 aromatic rings. The molecule has 7 heteroatoms. The van der Waals surface area contributed by atoms with Gasteiger partial charge in [0.1, 0.15) is 6.33 Å². The van der Waals surface area contributed by atoms with Crippen molar-refractivity contribution in [2.45, 2.75) is 43.1 Å². The molecule has 25 heavy (non-hydrogen) atoms. The van der Waals surface area contributed by atoms with Gasteiger partial charge in [0.15, 0.2) is 5.16 Å². The fourth-order valence-corrected chi connectivity index (χ4v) is 3.87. The first-order chi connectivity index (χ1) is 12.3. The Morgan fingerprint density at radius 3 is 2.68 bits per heavy atom. The maximum atomic E-state index is 13.0. The summed E-state index contributed by atoms with van der Waals surface area (Å²) in [4.78, 5) is 19.1. The second-order valence-electron chi connectivity index (χ2n) is 6.26. The first kappa shape index (κ1) is 17.9. The van der Waals surface area contributed by atoms with Gasteiger partial charge in [-0.3, -0.25) is 9.89 Å². The van der Waals surface area contributed by atoms with E-state index in [0.29, 0.717) is 6.04 Å². The maximum absolute atomic E-state index is 13.0. The summed E-state index contributed by atoms with van der Waals surface area (Å²) >= 11 is 1.60. The van der Waals surface area contributed by atoms with Crippen molar-refractivity contribution in [3.8, 4) is 0 Å². The predicted molar refractivity (Wildman–Crippen MR) is 99.6 cm³/mol. The number of hydrogen-bond acceptors (Lipinski definition) is 5.